The molecule has 0 spiro atoms. The first-order valence-electron chi connectivity index (χ1n) is 8.79. The zero-order chi connectivity index (χ0) is 19.6. The van der Waals surface area contributed by atoms with Crippen LogP contribution >= 0.6 is 11.8 Å². The lowest BCUT2D eigenvalue weighted by Gasteiger charge is -2.17. The first-order chi connectivity index (χ1) is 13.0. The zero-order valence-electron chi connectivity index (χ0n) is 15.6. The lowest BCUT2D eigenvalue weighted by atomic mass is 9.98. The Labute approximate surface area is 164 Å². The zero-order valence-corrected chi connectivity index (χ0v) is 16.4. The molecule has 0 saturated carbocycles. The van der Waals surface area contributed by atoms with Crippen LogP contribution in [0.4, 0.5) is 0 Å². The minimum atomic E-state index is -0.939. The molecule has 27 heavy (non-hydrogen) atoms. The highest BCUT2D eigenvalue weighted by atomic mass is 32.2. The van der Waals surface area contributed by atoms with Gasteiger partial charge in [0.1, 0.15) is 5.75 Å². The quantitative estimate of drug-likeness (QED) is 0.654. The molecular formula is C21H25NO4S. The van der Waals surface area contributed by atoms with Crippen molar-refractivity contribution in [2.24, 2.45) is 5.92 Å². The Bertz CT molecular complexity index is 751. The highest BCUT2D eigenvalue weighted by Gasteiger charge is 2.22. The van der Waals surface area contributed by atoms with Crippen LogP contribution in [0, 0.1) is 5.92 Å². The highest BCUT2D eigenvalue weighted by Crippen LogP contribution is 2.21. The summed E-state index contributed by atoms with van der Waals surface area (Å²) in [6.45, 7) is 1.92. The molecular weight excluding hydrogens is 362 g/mol. The number of carbonyl (C=O) groups is 2. The maximum atomic E-state index is 12.3. The number of para-hydroxylation sites is 1. The molecule has 2 unspecified atom stereocenters. The summed E-state index contributed by atoms with van der Waals surface area (Å²) in [7, 11) is 1.56. The third-order valence-corrected chi connectivity index (χ3v) is 5.46. The molecule has 2 aromatic rings. The van der Waals surface area contributed by atoms with E-state index in [0.29, 0.717) is 12.2 Å². The van der Waals surface area contributed by atoms with E-state index in [1.807, 2.05) is 55.5 Å². The second-order valence-electron chi connectivity index (χ2n) is 6.24. The van der Waals surface area contributed by atoms with Crippen LogP contribution in [-0.2, 0) is 21.8 Å². The molecule has 2 rings (SSSR count). The van der Waals surface area contributed by atoms with Crippen LogP contribution in [0.2, 0.25) is 0 Å². The summed E-state index contributed by atoms with van der Waals surface area (Å²) < 4.78 is 5.28. The van der Waals surface area contributed by atoms with E-state index in [1.165, 1.54) is 11.8 Å². The Morgan fingerprint density at radius 2 is 1.78 bits per heavy atom. The number of hydrogen-bond donors (Lipinski definition) is 2. The maximum Gasteiger partial charge on any atom is 0.308 e. The Kier molecular flexibility index (Phi) is 8.20. The molecule has 5 nitrogen and oxygen atoms in total. The molecule has 0 fully saturated rings. The third kappa shape index (κ3) is 6.64. The normalized spacial score (nSPS) is 12.8. The summed E-state index contributed by atoms with van der Waals surface area (Å²) in [6, 6.07) is 17.3. The van der Waals surface area contributed by atoms with E-state index < -0.39 is 11.9 Å². The van der Waals surface area contributed by atoms with Crippen molar-refractivity contribution in [1.82, 2.24) is 5.32 Å². The standard InChI is InChI=1S/C21H25NO4S/c1-15(27-14-16-8-4-3-5-9-16)20(23)22-13-18(21(24)25)12-17-10-6-7-11-19(17)26-2/h3-11,15,18H,12-14H2,1-2H3,(H,22,23)(H,24,25). The van der Waals surface area contributed by atoms with E-state index in [2.05, 4.69) is 5.32 Å². The molecule has 0 aromatic heterocycles. The lowest BCUT2D eigenvalue weighted by Crippen LogP contribution is -2.38. The number of methoxy groups -OCH3 is 1. The van der Waals surface area contributed by atoms with Crippen molar-refractivity contribution in [3.05, 3.63) is 65.7 Å². The molecule has 0 heterocycles. The molecule has 1 amide bonds. The summed E-state index contributed by atoms with van der Waals surface area (Å²) >= 11 is 1.53. The molecule has 0 bridgehead atoms. The van der Waals surface area contributed by atoms with Crippen LogP contribution in [0.25, 0.3) is 0 Å². The highest BCUT2D eigenvalue weighted by molar-refractivity contribution is 7.99. The van der Waals surface area contributed by atoms with E-state index in [9.17, 15) is 14.7 Å². The Morgan fingerprint density at radius 1 is 1.11 bits per heavy atom. The van der Waals surface area contributed by atoms with E-state index in [0.717, 1.165) is 16.9 Å². The van der Waals surface area contributed by atoms with Crippen LogP contribution in [0.5, 0.6) is 5.75 Å². The Balaban J connectivity index is 1.87. The van der Waals surface area contributed by atoms with Crippen LogP contribution in [-0.4, -0.2) is 35.9 Å². The van der Waals surface area contributed by atoms with Gasteiger partial charge in [0, 0.05) is 12.3 Å². The van der Waals surface area contributed by atoms with Crippen molar-refractivity contribution in [3.63, 3.8) is 0 Å². The van der Waals surface area contributed by atoms with Gasteiger partial charge in [-0.1, -0.05) is 48.5 Å². The second-order valence-corrected chi connectivity index (χ2v) is 7.56. The van der Waals surface area contributed by atoms with Crippen molar-refractivity contribution in [3.8, 4) is 5.75 Å². The number of carboxylic acids is 1. The van der Waals surface area contributed by atoms with E-state index in [-0.39, 0.29) is 17.7 Å². The number of ether oxygens (including phenoxy) is 1. The smallest absolute Gasteiger partial charge is 0.308 e. The summed E-state index contributed by atoms with van der Waals surface area (Å²) in [4.78, 5) is 23.9. The first kappa shape index (κ1) is 20.8. The Morgan fingerprint density at radius 3 is 2.44 bits per heavy atom. The summed E-state index contributed by atoms with van der Waals surface area (Å²) in [5.74, 6) is -0.412. The maximum absolute atomic E-state index is 12.3. The third-order valence-electron chi connectivity index (χ3n) is 4.24. The van der Waals surface area contributed by atoms with Gasteiger partial charge >= 0.3 is 5.97 Å². The number of rotatable bonds is 10. The number of amides is 1. The summed E-state index contributed by atoms with van der Waals surface area (Å²) in [6.07, 6.45) is 0.297. The summed E-state index contributed by atoms with van der Waals surface area (Å²) in [5.41, 5.74) is 1.97. The second kappa shape index (κ2) is 10.6. The number of aliphatic carboxylic acids is 1. The predicted octanol–water partition coefficient (Wildman–Crippen LogP) is 3.38. The van der Waals surface area contributed by atoms with Crippen LogP contribution in [0.15, 0.2) is 54.6 Å². The largest absolute Gasteiger partial charge is 0.496 e. The molecule has 0 saturated heterocycles. The van der Waals surface area contributed by atoms with Gasteiger partial charge in [0.2, 0.25) is 5.91 Å². The number of hydrogen-bond acceptors (Lipinski definition) is 4. The first-order valence-corrected chi connectivity index (χ1v) is 9.84. The van der Waals surface area contributed by atoms with Gasteiger partial charge in [0.25, 0.3) is 0 Å². The van der Waals surface area contributed by atoms with Crippen molar-refractivity contribution in [2.45, 2.75) is 24.3 Å². The molecule has 6 heteroatoms. The number of nitrogens with one attached hydrogen (secondary N) is 1. The monoisotopic (exact) mass is 387 g/mol. The van der Waals surface area contributed by atoms with Crippen LogP contribution in [0.1, 0.15) is 18.1 Å². The van der Waals surface area contributed by atoms with Gasteiger partial charge in [-0.05, 0) is 30.5 Å². The van der Waals surface area contributed by atoms with Crippen molar-refractivity contribution < 1.29 is 19.4 Å². The van der Waals surface area contributed by atoms with Crippen molar-refractivity contribution >= 4 is 23.6 Å². The van der Waals surface area contributed by atoms with Gasteiger partial charge in [-0.2, -0.15) is 0 Å². The number of thioether (sulfide) groups is 1. The fourth-order valence-corrected chi connectivity index (χ4v) is 3.49. The van der Waals surface area contributed by atoms with Gasteiger partial charge in [-0.3, -0.25) is 9.59 Å². The molecule has 2 aromatic carbocycles. The van der Waals surface area contributed by atoms with Gasteiger partial charge < -0.3 is 15.2 Å². The van der Waals surface area contributed by atoms with E-state index in [1.54, 1.807) is 13.2 Å². The predicted molar refractivity (Wildman–Crippen MR) is 108 cm³/mol. The molecule has 0 aliphatic carbocycles. The van der Waals surface area contributed by atoms with E-state index >= 15 is 0 Å². The minimum absolute atomic E-state index is 0.0858. The van der Waals surface area contributed by atoms with Crippen LogP contribution < -0.4 is 10.1 Å². The van der Waals surface area contributed by atoms with Crippen molar-refractivity contribution in [2.75, 3.05) is 13.7 Å². The summed E-state index contributed by atoms with van der Waals surface area (Å²) in [5, 5.41) is 12.0. The fraction of sp³-hybridized carbons (Fsp3) is 0.333. The lowest BCUT2D eigenvalue weighted by molar-refractivity contribution is -0.141. The average molecular weight is 388 g/mol. The van der Waals surface area contributed by atoms with Gasteiger partial charge in [0.15, 0.2) is 0 Å². The SMILES string of the molecule is COc1ccccc1CC(CNC(=O)C(C)SCc1ccccc1)C(=O)O. The average Bonchev–Trinajstić information content (AvgIpc) is 2.69. The molecule has 0 radical (unpaired) electrons. The molecule has 144 valence electrons. The van der Waals surface area contributed by atoms with Crippen molar-refractivity contribution in [1.29, 1.82) is 0 Å². The Hall–Kier alpha value is -2.47. The number of carbonyl (C=O) groups excluding carboxylic acids is 1. The number of carboxylic acid groups (broad SMARTS) is 1. The van der Waals surface area contributed by atoms with Gasteiger partial charge in [0.05, 0.1) is 18.3 Å². The van der Waals surface area contributed by atoms with Gasteiger partial charge in [-0.25, -0.2) is 0 Å². The van der Waals surface area contributed by atoms with Crippen LogP contribution in [0.3, 0.4) is 0 Å². The molecule has 2 N–H and O–H groups in total. The van der Waals surface area contributed by atoms with E-state index in [4.69, 9.17) is 4.74 Å². The minimum Gasteiger partial charge on any atom is -0.496 e. The fourth-order valence-electron chi connectivity index (χ4n) is 2.62. The topological polar surface area (TPSA) is 75.6 Å². The molecule has 0 aliphatic rings. The number of benzene rings is 2. The molecule has 2 atom stereocenters. The van der Waals surface area contributed by atoms with Gasteiger partial charge in [-0.15, -0.1) is 11.8 Å². The molecule has 0 aliphatic heterocycles.